The lowest BCUT2D eigenvalue weighted by Gasteiger charge is -2.23. The van der Waals surface area contributed by atoms with E-state index in [0.717, 1.165) is 31.5 Å². The van der Waals surface area contributed by atoms with Crippen molar-refractivity contribution in [3.8, 4) is 22.7 Å². The molecule has 0 bridgehead atoms. The van der Waals surface area contributed by atoms with Crippen molar-refractivity contribution in [1.29, 1.82) is 0 Å². The van der Waals surface area contributed by atoms with E-state index >= 15 is 0 Å². The van der Waals surface area contributed by atoms with Gasteiger partial charge in [-0.25, -0.2) is 0 Å². The van der Waals surface area contributed by atoms with Crippen LogP contribution in [0.5, 0.6) is 5.75 Å². The molecule has 1 saturated heterocycles. The van der Waals surface area contributed by atoms with Crippen molar-refractivity contribution in [2.24, 2.45) is 0 Å². The van der Waals surface area contributed by atoms with Crippen molar-refractivity contribution in [2.75, 3.05) is 23.7 Å². The third-order valence-corrected chi connectivity index (χ3v) is 5.07. The number of hydrogen-bond donors (Lipinski definition) is 2. The van der Waals surface area contributed by atoms with Crippen molar-refractivity contribution in [2.45, 2.75) is 12.8 Å². The Morgan fingerprint density at radius 2 is 1.78 bits per heavy atom. The van der Waals surface area contributed by atoms with Gasteiger partial charge in [-0.1, -0.05) is 41.9 Å². The summed E-state index contributed by atoms with van der Waals surface area (Å²) in [7, 11) is 0. The third kappa shape index (κ3) is 3.13. The van der Waals surface area contributed by atoms with Gasteiger partial charge in [0.25, 0.3) is 5.56 Å². The number of aromatic hydroxyl groups is 1. The summed E-state index contributed by atoms with van der Waals surface area (Å²) in [6, 6.07) is 14.2. The monoisotopic (exact) mass is 382 g/mol. The normalized spacial score (nSPS) is 13.9. The van der Waals surface area contributed by atoms with Gasteiger partial charge in [-0.3, -0.25) is 4.79 Å². The first kappa shape index (κ1) is 17.4. The first-order valence-corrected chi connectivity index (χ1v) is 9.16. The van der Waals surface area contributed by atoms with Crippen LogP contribution in [0.2, 0.25) is 5.02 Å². The number of hydrogen-bond acceptors (Lipinski definition) is 5. The van der Waals surface area contributed by atoms with Gasteiger partial charge in [0.2, 0.25) is 0 Å². The molecule has 0 spiro atoms. The number of anilines is 2. The fraction of sp³-hybridized carbons (Fsp3) is 0.200. The first-order valence-electron chi connectivity index (χ1n) is 8.78. The minimum Gasteiger partial charge on any atom is -0.506 e. The quantitative estimate of drug-likeness (QED) is 0.724. The highest BCUT2D eigenvalue weighted by atomic mass is 35.5. The van der Waals surface area contributed by atoms with E-state index in [4.69, 9.17) is 17.3 Å². The Balaban J connectivity index is 1.98. The van der Waals surface area contributed by atoms with Crippen molar-refractivity contribution in [3.05, 3.63) is 63.9 Å². The summed E-state index contributed by atoms with van der Waals surface area (Å²) >= 11 is 5.89. The lowest BCUT2D eigenvalue weighted by molar-refractivity contribution is 0.475. The van der Waals surface area contributed by atoms with Crippen LogP contribution < -0.4 is 16.2 Å². The topological polar surface area (TPSA) is 84.4 Å². The molecular formula is C20H19ClN4O2. The van der Waals surface area contributed by atoms with Gasteiger partial charge >= 0.3 is 0 Å². The highest BCUT2D eigenvalue weighted by Crippen LogP contribution is 2.35. The zero-order chi connectivity index (χ0) is 19.0. The van der Waals surface area contributed by atoms with Crippen molar-refractivity contribution >= 4 is 23.0 Å². The van der Waals surface area contributed by atoms with Gasteiger partial charge in [-0.15, -0.1) is 0 Å². The number of nitrogen functional groups attached to an aromatic ring is 1. The lowest BCUT2D eigenvalue weighted by atomic mass is 10.1. The van der Waals surface area contributed by atoms with Gasteiger partial charge < -0.3 is 15.7 Å². The minimum absolute atomic E-state index is 0.119. The second kappa shape index (κ2) is 6.96. The van der Waals surface area contributed by atoms with E-state index in [0.29, 0.717) is 17.1 Å². The predicted octanol–water partition coefficient (Wildman–Crippen LogP) is 3.44. The van der Waals surface area contributed by atoms with Gasteiger partial charge in [0, 0.05) is 24.7 Å². The van der Waals surface area contributed by atoms with E-state index in [1.807, 2.05) is 30.3 Å². The maximum Gasteiger partial charge on any atom is 0.296 e. The fourth-order valence-electron chi connectivity index (χ4n) is 3.39. The van der Waals surface area contributed by atoms with Crippen molar-refractivity contribution in [3.63, 3.8) is 0 Å². The van der Waals surface area contributed by atoms with Gasteiger partial charge in [0.1, 0.15) is 17.1 Å². The molecule has 0 saturated carbocycles. The molecule has 1 fully saturated rings. The Morgan fingerprint density at radius 3 is 2.44 bits per heavy atom. The Bertz CT molecular complexity index is 1040. The zero-order valence-corrected chi connectivity index (χ0v) is 15.4. The van der Waals surface area contributed by atoms with Gasteiger partial charge in [-0.2, -0.15) is 9.78 Å². The van der Waals surface area contributed by atoms with E-state index in [1.54, 1.807) is 6.07 Å². The summed E-state index contributed by atoms with van der Waals surface area (Å²) in [4.78, 5) is 15.1. The molecule has 7 heteroatoms. The summed E-state index contributed by atoms with van der Waals surface area (Å²) in [5.41, 5.74) is 8.63. The number of benzene rings is 2. The van der Waals surface area contributed by atoms with E-state index in [2.05, 4.69) is 10.00 Å². The molecule has 0 aliphatic carbocycles. The number of rotatable bonds is 3. The van der Waals surface area contributed by atoms with Crippen LogP contribution in [0.4, 0.5) is 11.4 Å². The van der Waals surface area contributed by atoms with Crippen molar-refractivity contribution in [1.82, 2.24) is 9.78 Å². The van der Waals surface area contributed by atoms with Crippen LogP contribution in [0.15, 0.2) is 53.3 Å². The predicted molar refractivity (Wildman–Crippen MR) is 108 cm³/mol. The molecule has 1 aliphatic heterocycles. The van der Waals surface area contributed by atoms with E-state index in [-0.39, 0.29) is 16.5 Å². The average Bonchev–Trinajstić information content (AvgIpc) is 3.21. The smallest absolute Gasteiger partial charge is 0.296 e. The Morgan fingerprint density at radius 1 is 1.07 bits per heavy atom. The number of nitrogens with zero attached hydrogens (tertiary/aromatic N) is 3. The summed E-state index contributed by atoms with van der Waals surface area (Å²) in [6.07, 6.45) is 2.11. The number of nitrogens with two attached hydrogens (primary N) is 1. The van der Waals surface area contributed by atoms with Crippen LogP contribution in [0.1, 0.15) is 12.8 Å². The molecule has 0 atom stereocenters. The third-order valence-electron chi connectivity index (χ3n) is 4.75. The number of halogens is 1. The summed E-state index contributed by atoms with van der Waals surface area (Å²) in [5.74, 6) is -0.119. The van der Waals surface area contributed by atoms with Crippen LogP contribution in [-0.2, 0) is 0 Å². The highest BCUT2D eigenvalue weighted by Gasteiger charge is 2.24. The molecule has 2 heterocycles. The second-order valence-corrected chi connectivity index (χ2v) is 6.93. The fourth-order valence-corrected chi connectivity index (χ4v) is 3.51. The van der Waals surface area contributed by atoms with Gasteiger partial charge in [0.15, 0.2) is 0 Å². The molecule has 3 N–H and O–H groups in total. The number of aromatic nitrogens is 2. The Labute approximate surface area is 161 Å². The van der Waals surface area contributed by atoms with Crippen LogP contribution in [0.25, 0.3) is 16.9 Å². The SMILES string of the molecule is Nc1c(N2CCCC2)c(-c2ccccc2)nn(-c2ccc(Cl)c(O)c2)c1=O. The molecule has 3 aromatic rings. The lowest BCUT2D eigenvalue weighted by Crippen LogP contribution is -2.30. The Kier molecular flexibility index (Phi) is 4.49. The molecular weight excluding hydrogens is 364 g/mol. The van der Waals surface area contributed by atoms with E-state index < -0.39 is 5.56 Å². The molecule has 138 valence electrons. The Hall–Kier alpha value is -2.99. The molecule has 27 heavy (non-hydrogen) atoms. The largest absolute Gasteiger partial charge is 0.506 e. The molecule has 0 radical (unpaired) electrons. The summed E-state index contributed by atoms with van der Waals surface area (Å²) in [5, 5.41) is 14.7. The van der Waals surface area contributed by atoms with Gasteiger partial charge in [0.05, 0.1) is 16.4 Å². The summed E-state index contributed by atoms with van der Waals surface area (Å²) in [6.45, 7) is 1.69. The molecule has 0 amide bonds. The maximum absolute atomic E-state index is 13.0. The van der Waals surface area contributed by atoms with Crippen LogP contribution in [0, 0.1) is 0 Å². The molecule has 4 rings (SSSR count). The molecule has 2 aromatic carbocycles. The molecule has 6 nitrogen and oxygen atoms in total. The standard InChI is InChI=1S/C20H19ClN4O2/c21-15-9-8-14(12-16(15)26)25-20(27)17(22)19(24-10-4-5-11-24)18(23-25)13-6-2-1-3-7-13/h1-3,6-9,12,26H,4-5,10-11,22H2. The van der Waals surface area contributed by atoms with Gasteiger partial charge in [-0.05, 0) is 25.0 Å². The van der Waals surface area contributed by atoms with Crippen LogP contribution in [-0.4, -0.2) is 28.0 Å². The maximum atomic E-state index is 13.0. The zero-order valence-electron chi connectivity index (χ0n) is 14.6. The second-order valence-electron chi connectivity index (χ2n) is 6.52. The number of phenols is 1. The van der Waals surface area contributed by atoms with Crippen molar-refractivity contribution < 1.29 is 5.11 Å². The molecule has 1 aromatic heterocycles. The average molecular weight is 383 g/mol. The first-order chi connectivity index (χ1) is 13.1. The number of phenolic OH excluding ortho intramolecular Hbond substituents is 1. The minimum atomic E-state index is -0.418. The van der Waals surface area contributed by atoms with Crippen LogP contribution in [0.3, 0.4) is 0 Å². The van der Waals surface area contributed by atoms with E-state index in [1.165, 1.54) is 16.8 Å². The molecule has 0 unspecified atom stereocenters. The molecule has 1 aliphatic rings. The van der Waals surface area contributed by atoms with Crippen LogP contribution >= 0.6 is 11.6 Å². The summed E-state index contributed by atoms with van der Waals surface area (Å²) < 4.78 is 1.22. The highest BCUT2D eigenvalue weighted by molar-refractivity contribution is 6.32. The van der Waals surface area contributed by atoms with E-state index in [9.17, 15) is 9.90 Å².